The number of nitrogens with zero attached hydrogens (tertiary/aromatic N) is 11. The van der Waals surface area contributed by atoms with Gasteiger partial charge in [-0.2, -0.15) is 46.7 Å². The minimum Gasteiger partial charge on any atom is -0.399 e. The van der Waals surface area contributed by atoms with Crippen LogP contribution in [0.25, 0.3) is 0 Å². The number of nitrogen functional groups attached to an aromatic ring is 2. The topological polar surface area (TPSA) is 484 Å². The highest BCUT2D eigenvalue weighted by molar-refractivity contribution is 7.91. The molecule has 31 nitrogen and oxygen atoms in total. The summed E-state index contributed by atoms with van der Waals surface area (Å²) >= 11 is 12.6. The first-order chi connectivity index (χ1) is 37.4. The van der Waals surface area contributed by atoms with E-state index in [9.17, 15) is 39.5 Å². The van der Waals surface area contributed by atoms with E-state index >= 15 is 0 Å². The van der Waals surface area contributed by atoms with Gasteiger partial charge in [0.1, 0.15) is 32.5 Å². The van der Waals surface area contributed by atoms with Crippen molar-refractivity contribution in [1.29, 1.82) is 0 Å². The fourth-order valence-electron chi connectivity index (χ4n) is 6.39. The number of hydrogen-bond acceptors (Lipinski definition) is 29. The average Bonchev–Trinajstić information content (AvgIpc) is 3.35. The lowest BCUT2D eigenvalue weighted by Gasteiger charge is -2.18. The summed E-state index contributed by atoms with van der Waals surface area (Å²) in [7, 11) is -18.0. The molecule has 38 heteroatoms. The number of aromatic nitrogens is 6. The molecule has 0 saturated heterocycles. The maximum atomic E-state index is 13.8. The number of aliphatic hydroxyl groups excluding tert-OH is 1. The van der Waals surface area contributed by atoms with E-state index in [4.69, 9.17) is 59.9 Å². The van der Waals surface area contributed by atoms with Gasteiger partial charge < -0.3 is 37.4 Å². The molecule has 0 amide bonds. The lowest BCUT2D eigenvalue weighted by Crippen LogP contribution is -2.27. The first kappa shape index (κ1) is 62.5. The third kappa shape index (κ3) is 18.7. The van der Waals surface area contributed by atoms with Gasteiger partial charge in [-0.1, -0.05) is 18.2 Å². The minimum atomic E-state index is -4.64. The SMILES string of the molecule is Cc1ccc(N=Nc2ccc(N)cc2Nc2nc(Cl)nc(Nc3cc(S(=O)(=O)CCN(C)c4nc(Cl)nc(Nc5cc(N)ccc5N=Nc5ccc(C)cc5S(=O)(=O)O)n4)ccc3CO)n2)c(S(=O)(=O)O)c1.O=S(=O)=O.O=S(=O)=O. The quantitative estimate of drug-likeness (QED) is 0.0273. The zero-order valence-electron chi connectivity index (χ0n) is 40.9. The Morgan fingerprint density at radius 1 is 0.550 bits per heavy atom. The highest BCUT2D eigenvalue weighted by Crippen LogP contribution is 2.36. The van der Waals surface area contributed by atoms with Gasteiger partial charge in [-0.3, -0.25) is 9.11 Å². The van der Waals surface area contributed by atoms with Crippen molar-refractivity contribution in [3.05, 3.63) is 118 Å². The molecule has 7 rings (SSSR count). The molecule has 5 aromatic carbocycles. The smallest absolute Gasteiger partial charge is 0.399 e. The van der Waals surface area contributed by atoms with Crippen LogP contribution < -0.4 is 32.3 Å². The molecule has 0 unspecified atom stereocenters. The Bertz CT molecular complexity index is 4120. The monoisotopic (exact) mass is 1240 g/mol. The van der Waals surface area contributed by atoms with E-state index in [1.807, 2.05) is 0 Å². The third-order valence-corrected chi connectivity index (χ3v) is 13.7. The van der Waals surface area contributed by atoms with Gasteiger partial charge >= 0.3 is 21.2 Å². The Morgan fingerprint density at radius 3 is 1.39 bits per heavy atom. The van der Waals surface area contributed by atoms with Gasteiger partial charge in [-0.25, -0.2) is 8.42 Å². The number of nitrogens with one attached hydrogen (secondary N) is 3. The molecule has 10 N–H and O–H groups in total. The van der Waals surface area contributed by atoms with Crippen molar-refractivity contribution in [3.8, 4) is 0 Å². The molecular weight excluding hydrogens is 1200 g/mol. The molecule has 0 fully saturated rings. The van der Waals surface area contributed by atoms with Crippen molar-refractivity contribution in [2.75, 3.05) is 51.7 Å². The lowest BCUT2D eigenvalue weighted by molar-refractivity contribution is 0.282. The number of hydrogen-bond donors (Lipinski definition) is 8. The standard InChI is InChI=1S/C42H40Cl2N16O9S3.2O3S/c1-22-4-10-30(35(16-22)71(64,65)66)58-56-28-12-7-25(45)18-33(28)48-40-51-37(43)50-39(54-40)47-32-20-27(9-6-24(32)21-61)70(62,63)15-14-60(3)42-53-38(44)52-41(55-42)49-34-19-26(46)8-13-29(34)57-59-31-11-5-23(2)17-36(31)72(67,68)69;2*1-4(2)3/h4-13,16-20,61H,14-15,21,45-46H2,1-3H3,(H,64,65,66)(H,67,68,69)(H,49,52,53,55)(H2,47,48,50,51,54);;. The van der Waals surface area contributed by atoms with Crippen LogP contribution in [0.2, 0.25) is 10.6 Å². The van der Waals surface area contributed by atoms with Crippen LogP contribution in [0.1, 0.15) is 16.7 Å². The number of benzene rings is 5. The molecule has 80 heavy (non-hydrogen) atoms. The zero-order valence-corrected chi connectivity index (χ0v) is 46.5. The van der Waals surface area contributed by atoms with E-state index in [1.54, 1.807) is 26.0 Å². The van der Waals surface area contributed by atoms with Gasteiger partial charge in [0, 0.05) is 36.2 Å². The van der Waals surface area contributed by atoms with Crippen molar-refractivity contribution < 1.29 is 64.7 Å². The van der Waals surface area contributed by atoms with E-state index < -0.39 is 73.4 Å². The predicted molar refractivity (Wildman–Crippen MR) is 289 cm³/mol. The molecule has 0 saturated carbocycles. The normalized spacial score (nSPS) is 11.5. The Labute approximate surface area is 466 Å². The number of nitrogens with two attached hydrogens (primary N) is 2. The van der Waals surface area contributed by atoms with E-state index in [0.29, 0.717) is 16.8 Å². The van der Waals surface area contributed by atoms with Gasteiger partial charge in [0.2, 0.25) is 34.4 Å². The summed E-state index contributed by atoms with van der Waals surface area (Å²) in [6, 6.07) is 21.4. The molecule has 2 aromatic heterocycles. The molecule has 0 aliphatic carbocycles. The van der Waals surface area contributed by atoms with Crippen molar-refractivity contribution in [2.24, 2.45) is 20.5 Å². The number of azo groups is 2. The summed E-state index contributed by atoms with van der Waals surface area (Å²) in [4.78, 5) is 25.6. The van der Waals surface area contributed by atoms with E-state index in [-0.39, 0.29) is 96.9 Å². The average molecular weight is 1240 g/mol. The minimum absolute atomic E-state index is 0.0303. The highest BCUT2D eigenvalue weighted by atomic mass is 35.5. The van der Waals surface area contributed by atoms with Crippen LogP contribution in [0.5, 0.6) is 0 Å². The van der Waals surface area contributed by atoms with E-state index in [0.717, 1.165) is 0 Å². The van der Waals surface area contributed by atoms with Crippen LogP contribution in [0, 0.1) is 13.8 Å². The van der Waals surface area contributed by atoms with Crippen molar-refractivity contribution in [1.82, 2.24) is 29.9 Å². The molecule has 0 aliphatic heterocycles. The van der Waals surface area contributed by atoms with Crippen LogP contribution in [-0.2, 0) is 57.9 Å². The summed E-state index contributed by atoms with van der Waals surface area (Å²) in [5.41, 5.74) is 14.6. The first-order valence-electron chi connectivity index (χ1n) is 21.5. The molecule has 0 radical (unpaired) electrons. The number of halogens is 2. The number of rotatable bonds is 18. The van der Waals surface area contributed by atoms with Crippen LogP contribution >= 0.6 is 23.2 Å². The van der Waals surface area contributed by atoms with Gasteiger partial charge in [0.05, 0.1) is 28.6 Å². The van der Waals surface area contributed by atoms with Crippen LogP contribution in [0.4, 0.5) is 75.0 Å². The van der Waals surface area contributed by atoms with Crippen molar-refractivity contribution >= 4 is 149 Å². The summed E-state index contributed by atoms with van der Waals surface area (Å²) < 4.78 is 146. The molecule has 0 spiro atoms. The summed E-state index contributed by atoms with van der Waals surface area (Å²) in [6.45, 7) is 2.60. The maximum absolute atomic E-state index is 13.8. The highest BCUT2D eigenvalue weighted by Gasteiger charge is 2.22. The number of aliphatic hydroxyl groups is 1. The fourth-order valence-corrected chi connectivity index (χ4v) is 9.44. The third-order valence-electron chi connectivity index (χ3n) is 9.95. The maximum Gasteiger partial charge on any atom is 0.425 e. The van der Waals surface area contributed by atoms with Gasteiger partial charge in [0.25, 0.3) is 20.2 Å². The van der Waals surface area contributed by atoms with Crippen LogP contribution in [0.3, 0.4) is 0 Å². The molecule has 2 heterocycles. The summed E-state index contributed by atoms with van der Waals surface area (Å²) in [5.74, 6) is -0.914. The number of aryl methyl sites for hydroxylation is 2. The molecule has 0 atom stereocenters. The Kier molecular flexibility index (Phi) is 21.1. The largest absolute Gasteiger partial charge is 0.425 e. The second-order valence-corrected chi connectivity index (χ2v) is 22.2. The lowest BCUT2D eigenvalue weighted by atomic mass is 10.2. The Hall–Kier alpha value is -8.33. The molecular formula is C42H40Cl2N16O15S5. The molecule has 422 valence electrons. The van der Waals surface area contributed by atoms with E-state index in [2.05, 4.69) is 66.3 Å². The molecule has 7 aromatic rings. The van der Waals surface area contributed by atoms with Gasteiger partial charge in [-0.05, 0) is 121 Å². The Balaban J connectivity index is 0.00000138. The van der Waals surface area contributed by atoms with Crippen molar-refractivity contribution in [2.45, 2.75) is 35.1 Å². The van der Waals surface area contributed by atoms with Gasteiger partial charge in [-0.15, -0.1) is 45.7 Å². The second-order valence-electron chi connectivity index (χ2n) is 15.8. The fraction of sp³-hybridized carbons (Fsp3) is 0.143. The van der Waals surface area contributed by atoms with Crippen molar-refractivity contribution in [3.63, 3.8) is 0 Å². The predicted octanol–water partition coefficient (Wildman–Crippen LogP) is 6.09. The summed E-state index contributed by atoms with van der Waals surface area (Å²) in [5, 5.41) is 34.8. The first-order valence-corrected chi connectivity index (χ1v) is 28.8. The molecule has 0 bridgehead atoms. The molecule has 0 aliphatic rings. The number of sulfone groups is 1. The second kappa shape index (κ2) is 27.0. The van der Waals surface area contributed by atoms with Gasteiger partial charge in [0.15, 0.2) is 9.84 Å². The van der Waals surface area contributed by atoms with Crippen LogP contribution in [0.15, 0.2) is 126 Å². The zero-order chi connectivity index (χ0) is 59.3. The number of anilines is 9. The Morgan fingerprint density at radius 2 is 0.950 bits per heavy atom. The summed E-state index contributed by atoms with van der Waals surface area (Å²) in [6.07, 6.45) is 0. The van der Waals surface area contributed by atoms with E-state index in [1.165, 1.54) is 90.8 Å². The van der Waals surface area contributed by atoms with Crippen LogP contribution in [-0.4, -0.2) is 114 Å².